The molecular weight excluding hydrogens is 346 g/mol. The normalized spacial score (nSPS) is 10.7. The number of aromatic nitrogens is 2. The van der Waals surface area contributed by atoms with Gasteiger partial charge in [0.25, 0.3) is 0 Å². The second-order valence-electron chi connectivity index (χ2n) is 5.25. The number of rotatable bonds is 7. The zero-order valence-corrected chi connectivity index (χ0v) is 14.4. The summed E-state index contributed by atoms with van der Waals surface area (Å²) in [6.45, 7) is 0.588. The van der Waals surface area contributed by atoms with E-state index in [-0.39, 0.29) is 5.91 Å². The third-order valence-electron chi connectivity index (χ3n) is 3.46. The summed E-state index contributed by atoms with van der Waals surface area (Å²) in [6, 6.07) is 9.54. The molecule has 0 radical (unpaired) electrons. The smallest absolute Gasteiger partial charge is 0.227 e. The van der Waals surface area contributed by atoms with Gasteiger partial charge in [0, 0.05) is 35.4 Å². The number of nitrogens with zero attached hydrogens (tertiary/aromatic N) is 2. The van der Waals surface area contributed by atoms with Crippen LogP contribution in [0.15, 0.2) is 45.6 Å². The second-order valence-corrected chi connectivity index (χ2v) is 6.47. The van der Waals surface area contributed by atoms with E-state index in [1.165, 1.54) is 0 Å². The van der Waals surface area contributed by atoms with E-state index in [1.54, 1.807) is 11.3 Å². The first kappa shape index (κ1) is 16.7. The number of amides is 1. The van der Waals surface area contributed by atoms with Crippen LogP contribution in [-0.2, 0) is 17.6 Å². The molecule has 0 bridgehead atoms. The van der Waals surface area contributed by atoms with Gasteiger partial charge in [-0.3, -0.25) is 4.79 Å². The molecule has 0 saturated carbocycles. The van der Waals surface area contributed by atoms with E-state index in [9.17, 15) is 4.79 Å². The van der Waals surface area contributed by atoms with Crippen LogP contribution in [0.3, 0.4) is 0 Å². The Morgan fingerprint density at radius 3 is 2.79 bits per heavy atom. The van der Waals surface area contributed by atoms with Crippen LogP contribution < -0.4 is 5.32 Å². The fraction of sp³-hybridized carbons (Fsp3) is 0.235. The SMILES string of the molecule is O=C(CCc1nc(-c2ccsc2)no1)NCCc1ccc(Cl)cc1. The highest BCUT2D eigenvalue weighted by Crippen LogP contribution is 2.18. The molecule has 1 N–H and O–H groups in total. The van der Waals surface area contributed by atoms with Gasteiger partial charge in [0.05, 0.1) is 0 Å². The highest BCUT2D eigenvalue weighted by atomic mass is 35.5. The topological polar surface area (TPSA) is 68.0 Å². The lowest BCUT2D eigenvalue weighted by molar-refractivity contribution is -0.121. The summed E-state index contributed by atoms with van der Waals surface area (Å²) in [4.78, 5) is 16.2. The molecule has 1 aromatic carbocycles. The molecule has 2 aromatic heterocycles. The first-order chi connectivity index (χ1) is 11.7. The van der Waals surface area contributed by atoms with Crippen molar-refractivity contribution in [3.8, 4) is 11.4 Å². The maximum Gasteiger partial charge on any atom is 0.227 e. The van der Waals surface area contributed by atoms with Crippen LogP contribution in [0.2, 0.25) is 5.02 Å². The van der Waals surface area contributed by atoms with E-state index < -0.39 is 0 Å². The zero-order chi connectivity index (χ0) is 16.8. The van der Waals surface area contributed by atoms with Crippen LogP contribution in [0.25, 0.3) is 11.4 Å². The van der Waals surface area contributed by atoms with Crippen molar-refractivity contribution >= 4 is 28.8 Å². The van der Waals surface area contributed by atoms with Crippen molar-refractivity contribution < 1.29 is 9.32 Å². The second kappa shape index (κ2) is 8.08. The van der Waals surface area contributed by atoms with Gasteiger partial charge in [-0.05, 0) is 35.6 Å². The van der Waals surface area contributed by atoms with Crippen LogP contribution in [0.5, 0.6) is 0 Å². The highest BCUT2D eigenvalue weighted by molar-refractivity contribution is 7.08. The van der Waals surface area contributed by atoms with Crippen LogP contribution in [0.1, 0.15) is 17.9 Å². The average Bonchev–Trinajstić information content (AvgIpc) is 3.26. The molecule has 0 aliphatic heterocycles. The molecule has 3 aromatic rings. The van der Waals surface area contributed by atoms with Gasteiger partial charge in [-0.1, -0.05) is 28.9 Å². The number of aryl methyl sites for hydroxylation is 1. The largest absolute Gasteiger partial charge is 0.356 e. The molecule has 1 amide bonds. The molecule has 0 spiro atoms. The fourth-order valence-electron chi connectivity index (χ4n) is 2.17. The van der Waals surface area contributed by atoms with Crippen molar-refractivity contribution in [3.05, 3.63) is 57.6 Å². The molecule has 0 saturated heterocycles. The Bertz CT molecular complexity index is 785. The van der Waals surface area contributed by atoms with Gasteiger partial charge in [-0.25, -0.2) is 0 Å². The molecule has 2 heterocycles. The summed E-state index contributed by atoms with van der Waals surface area (Å²) >= 11 is 7.42. The molecule has 124 valence electrons. The third kappa shape index (κ3) is 4.66. The predicted molar refractivity (Wildman–Crippen MR) is 94.1 cm³/mol. The van der Waals surface area contributed by atoms with Gasteiger partial charge in [0.1, 0.15) is 0 Å². The minimum absolute atomic E-state index is 0.0285. The Morgan fingerprint density at radius 2 is 2.04 bits per heavy atom. The Labute approximate surface area is 148 Å². The van der Waals surface area contributed by atoms with Gasteiger partial charge < -0.3 is 9.84 Å². The van der Waals surface area contributed by atoms with E-state index >= 15 is 0 Å². The molecule has 0 aliphatic carbocycles. The van der Waals surface area contributed by atoms with Crippen LogP contribution >= 0.6 is 22.9 Å². The van der Waals surface area contributed by atoms with Crippen molar-refractivity contribution in [2.45, 2.75) is 19.3 Å². The van der Waals surface area contributed by atoms with Gasteiger partial charge >= 0.3 is 0 Å². The molecule has 7 heteroatoms. The summed E-state index contributed by atoms with van der Waals surface area (Å²) in [7, 11) is 0. The van der Waals surface area contributed by atoms with Crippen molar-refractivity contribution in [1.29, 1.82) is 0 Å². The zero-order valence-electron chi connectivity index (χ0n) is 12.9. The molecule has 24 heavy (non-hydrogen) atoms. The number of thiophene rings is 1. The highest BCUT2D eigenvalue weighted by Gasteiger charge is 2.10. The minimum atomic E-state index is -0.0285. The molecule has 0 unspecified atom stereocenters. The molecule has 0 aliphatic rings. The lowest BCUT2D eigenvalue weighted by atomic mass is 10.1. The maximum absolute atomic E-state index is 11.9. The van der Waals surface area contributed by atoms with E-state index in [4.69, 9.17) is 16.1 Å². The van der Waals surface area contributed by atoms with Gasteiger partial charge in [0.15, 0.2) is 0 Å². The lowest BCUT2D eigenvalue weighted by Crippen LogP contribution is -2.25. The van der Waals surface area contributed by atoms with Crippen LogP contribution in [-0.4, -0.2) is 22.6 Å². The van der Waals surface area contributed by atoms with Crippen molar-refractivity contribution in [1.82, 2.24) is 15.5 Å². The van der Waals surface area contributed by atoms with E-state index in [0.29, 0.717) is 36.1 Å². The maximum atomic E-state index is 11.9. The van der Waals surface area contributed by atoms with Crippen molar-refractivity contribution in [2.75, 3.05) is 6.54 Å². The van der Waals surface area contributed by atoms with E-state index in [0.717, 1.165) is 17.5 Å². The molecule has 0 fully saturated rings. The Morgan fingerprint density at radius 1 is 1.21 bits per heavy atom. The van der Waals surface area contributed by atoms with E-state index in [1.807, 2.05) is 41.1 Å². The fourth-order valence-corrected chi connectivity index (χ4v) is 2.93. The minimum Gasteiger partial charge on any atom is -0.356 e. The molecule has 3 rings (SSSR count). The van der Waals surface area contributed by atoms with Gasteiger partial charge in [0.2, 0.25) is 17.6 Å². The number of halogens is 1. The standard InChI is InChI=1S/C17H16ClN3O2S/c18-14-3-1-12(2-4-14)7-9-19-15(22)5-6-16-20-17(21-23-16)13-8-10-24-11-13/h1-4,8,10-11H,5-7,9H2,(H,19,22). The number of benzene rings is 1. The quantitative estimate of drug-likeness (QED) is 0.696. The lowest BCUT2D eigenvalue weighted by Gasteiger charge is -2.04. The summed E-state index contributed by atoms with van der Waals surface area (Å²) in [6.07, 6.45) is 1.53. The predicted octanol–water partition coefficient (Wildman–Crippen LogP) is 3.74. The number of carbonyl (C=O) groups excluding carboxylic acids is 1. The summed E-state index contributed by atoms with van der Waals surface area (Å²) in [5.74, 6) is 1.01. The van der Waals surface area contributed by atoms with Crippen LogP contribution in [0, 0.1) is 0 Å². The Kier molecular flexibility index (Phi) is 5.61. The third-order valence-corrected chi connectivity index (χ3v) is 4.40. The Hall–Kier alpha value is -2.18. The van der Waals surface area contributed by atoms with Crippen molar-refractivity contribution in [3.63, 3.8) is 0 Å². The summed E-state index contributed by atoms with van der Waals surface area (Å²) in [5, 5.41) is 11.4. The first-order valence-electron chi connectivity index (χ1n) is 7.57. The number of hydrogen-bond donors (Lipinski definition) is 1. The molecule has 0 atom stereocenters. The number of carbonyl (C=O) groups is 1. The van der Waals surface area contributed by atoms with Gasteiger partial charge in [-0.15, -0.1) is 0 Å². The van der Waals surface area contributed by atoms with Gasteiger partial charge in [-0.2, -0.15) is 16.3 Å². The summed E-state index contributed by atoms with van der Waals surface area (Å²) < 4.78 is 5.17. The monoisotopic (exact) mass is 361 g/mol. The molecule has 5 nitrogen and oxygen atoms in total. The molecular formula is C17H16ClN3O2S. The number of hydrogen-bond acceptors (Lipinski definition) is 5. The number of nitrogens with one attached hydrogen (secondary N) is 1. The van der Waals surface area contributed by atoms with Crippen LogP contribution in [0.4, 0.5) is 0 Å². The van der Waals surface area contributed by atoms with E-state index in [2.05, 4.69) is 15.5 Å². The summed E-state index contributed by atoms with van der Waals surface area (Å²) in [5.41, 5.74) is 2.07. The first-order valence-corrected chi connectivity index (χ1v) is 8.89. The Balaban J connectivity index is 1.40. The average molecular weight is 362 g/mol. The van der Waals surface area contributed by atoms with Crippen molar-refractivity contribution in [2.24, 2.45) is 0 Å².